The molecule has 1 aromatic heterocycles. The molecular formula is C8H14N4. The molecule has 2 rings (SSSR count). The number of nitrogens with zero attached hydrogens (tertiary/aromatic N) is 4. The van der Waals surface area contributed by atoms with Gasteiger partial charge in [-0.1, -0.05) is 6.42 Å². The number of fused-ring (bicyclic) bond motifs is 1. The van der Waals surface area contributed by atoms with Crippen LogP contribution in [0.25, 0.3) is 0 Å². The number of tetrazole rings is 1. The molecule has 0 unspecified atom stereocenters. The number of aromatic nitrogens is 4. The molecule has 1 aliphatic heterocycles. The van der Waals surface area contributed by atoms with E-state index in [0.717, 1.165) is 12.2 Å². The van der Waals surface area contributed by atoms with Crippen LogP contribution in [0.5, 0.6) is 0 Å². The monoisotopic (exact) mass is 166 g/mol. The van der Waals surface area contributed by atoms with Crippen molar-refractivity contribution >= 4 is 0 Å². The van der Waals surface area contributed by atoms with E-state index in [1.54, 1.807) is 0 Å². The molecule has 1 aliphatic rings. The van der Waals surface area contributed by atoms with Crippen molar-refractivity contribution in [2.45, 2.75) is 45.1 Å². The summed E-state index contributed by atoms with van der Waals surface area (Å²) in [7, 11) is 0. The first-order chi connectivity index (χ1) is 5.70. The van der Waals surface area contributed by atoms with Gasteiger partial charge >= 0.3 is 0 Å². The molecule has 0 N–H and O–H groups in total. The molecule has 0 bridgehead atoms. The summed E-state index contributed by atoms with van der Waals surface area (Å²) in [5.41, 5.74) is 0.106. The fourth-order valence-electron chi connectivity index (χ4n) is 1.78. The SMILES string of the molecule is CC1(C)CCCCc2nnnn21. The molecule has 0 fully saturated rings. The van der Waals surface area contributed by atoms with Crippen LogP contribution in [0.2, 0.25) is 0 Å². The van der Waals surface area contributed by atoms with Crippen molar-refractivity contribution in [2.75, 3.05) is 0 Å². The molecule has 0 radical (unpaired) electrons. The van der Waals surface area contributed by atoms with Gasteiger partial charge in [-0.3, -0.25) is 0 Å². The van der Waals surface area contributed by atoms with Crippen LogP contribution in [0.3, 0.4) is 0 Å². The number of rotatable bonds is 0. The van der Waals surface area contributed by atoms with Gasteiger partial charge in [0, 0.05) is 6.42 Å². The minimum atomic E-state index is 0.106. The zero-order valence-electron chi connectivity index (χ0n) is 7.62. The van der Waals surface area contributed by atoms with Crippen molar-refractivity contribution in [1.29, 1.82) is 0 Å². The van der Waals surface area contributed by atoms with E-state index in [-0.39, 0.29) is 5.54 Å². The van der Waals surface area contributed by atoms with E-state index in [4.69, 9.17) is 0 Å². The van der Waals surface area contributed by atoms with Crippen molar-refractivity contribution in [3.63, 3.8) is 0 Å². The normalized spacial score (nSPS) is 21.5. The lowest BCUT2D eigenvalue weighted by Gasteiger charge is -2.22. The summed E-state index contributed by atoms with van der Waals surface area (Å²) in [6.07, 6.45) is 4.67. The predicted octanol–water partition coefficient (Wildman–Crippen LogP) is 1.13. The lowest BCUT2D eigenvalue weighted by atomic mass is 9.99. The van der Waals surface area contributed by atoms with Gasteiger partial charge in [-0.05, 0) is 37.1 Å². The Morgan fingerprint density at radius 3 is 3.00 bits per heavy atom. The van der Waals surface area contributed by atoms with E-state index >= 15 is 0 Å². The van der Waals surface area contributed by atoms with Crippen molar-refractivity contribution in [3.05, 3.63) is 5.82 Å². The fraction of sp³-hybridized carbons (Fsp3) is 0.875. The average Bonchev–Trinajstić information content (AvgIpc) is 2.42. The summed E-state index contributed by atoms with van der Waals surface area (Å²) in [4.78, 5) is 0. The first-order valence-electron chi connectivity index (χ1n) is 4.48. The Morgan fingerprint density at radius 1 is 1.33 bits per heavy atom. The third-order valence-corrected chi connectivity index (χ3v) is 2.55. The number of hydrogen-bond donors (Lipinski definition) is 0. The summed E-state index contributed by atoms with van der Waals surface area (Å²) in [5.74, 6) is 1.04. The molecule has 12 heavy (non-hydrogen) atoms. The van der Waals surface area contributed by atoms with Gasteiger partial charge in [0.05, 0.1) is 5.54 Å². The Labute approximate surface area is 72.0 Å². The molecule has 66 valence electrons. The van der Waals surface area contributed by atoms with E-state index in [0.29, 0.717) is 0 Å². The molecule has 4 nitrogen and oxygen atoms in total. The minimum Gasteiger partial charge on any atom is -0.224 e. The Morgan fingerprint density at radius 2 is 2.17 bits per heavy atom. The van der Waals surface area contributed by atoms with Gasteiger partial charge in [0.1, 0.15) is 0 Å². The molecule has 1 aromatic rings. The average molecular weight is 166 g/mol. The van der Waals surface area contributed by atoms with Crippen LogP contribution in [0.15, 0.2) is 0 Å². The highest BCUT2D eigenvalue weighted by Gasteiger charge is 2.26. The molecule has 4 heteroatoms. The lowest BCUT2D eigenvalue weighted by molar-refractivity contribution is 0.288. The molecule has 0 saturated heterocycles. The number of aryl methyl sites for hydroxylation is 1. The predicted molar refractivity (Wildman–Crippen MR) is 44.7 cm³/mol. The second-order valence-corrected chi connectivity index (χ2v) is 4.03. The van der Waals surface area contributed by atoms with Crippen LogP contribution in [-0.2, 0) is 12.0 Å². The van der Waals surface area contributed by atoms with Gasteiger partial charge in [-0.2, -0.15) is 0 Å². The van der Waals surface area contributed by atoms with Gasteiger partial charge in [0.25, 0.3) is 0 Å². The van der Waals surface area contributed by atoms with Crippen molar-refractivity contribution < 1.29 is 0 Å². The lowest BCUT2D eigenvalue weighted by Crippen LogP contribution is -2.27. The van der Waals surface area contributed by atoms with Crippen LogP contribution < -0.4 is 0 Å². The van der Waals surface area contributed by atoms with Gasteiger partial charge in [-0.25, -0.2) is 4.68 Å². The van der Waals surface area contributed by atoms with Gasteiger partial charge in [0.2, 0.25) is 0 Å². The summed E-state index contributed by atoms with van der Waals surface area (Å²) in [6, 6.07) is 0. The van der Waals surface area contributed by atoms with E-state index < -0.39 is 0 Å². The summed E-state index contributed by atoms with van der Waals surface area (Å²) in [5, 5.41) is 11.7. The molecule has 0 aliphatic carbocycles. The minimum absolute atomic E-state index is 0.106. The highest BCUT2D eigenvalue weighted by atomic mass is 15.6. The summed E-state index contributed by atoms with van der Waals surface area (Å²) < 4.78 is 1.97. The maximum Gasteiger partial charge on any atom is 0.151 e. The zero-order chi connectivity index (χ0) is 8.60. The van der Waals surface area contributed by atoms with Crippen LogP contribution in [0.4, 0.5) is 0 Å². The van der Waals surface area contributed by atoms with Crippen LogP contribution in [0.1, 0.15) is 38.9 Å². The Balaban J connectivity index is 2.43. The molecule has 0 amide bonds. The smallest absolute Gasteiger partial charge is 0.151 e. The van der Waals surface area contributed by atoms with Crippen molar-refractivity contribution in [3.8, 4) is 0 Å². The Hall–Kier alpha value is -0.930. The van der Waals surface area contributed by atoms with Gasteiger partial charge in [0.15, 0.2) is 5.82 Å². The maximum atomic E-state index is 4.03. The third kappa shape index (κ3) is 1.11. The topological polar surface area (TPSA) is 43.6 Å². The van der Waals surface area contributed by atoms with Gasteiger partial charge in [-0.15, -0.1) is 5.10 Å². The van der Waals surface area contributed by atoms with Crippen LogP contribution in [-0.4, -0.2) is 20.2 Å². The maximum absolute atomic E-state index is 4.03. The third-order valence-electron chi connectivity index (χ3n) is 2.55. The summed E-state index contributed by atoms with van der Waals surface area (Å²) in [6.45, 7) is 4.39. The molecular weight excluding hydrogens is 152 g/mol. The second kappa shape index (κ2) is 2.54. The Kier molecular flexibility index (Phi) is 1.63. The number of hydrogen-bond acceptors (Lipinski definition) is 3. The quantitative estimate of drug-likeness (QED) is 0.580. The first kappa shape index (κ1) is 7.71. The highest BCUT2D eigenvalue weighted by Crippen LogP contribution is 2.26. The fourth-order valence-corrected chi connectivity index (χ4v) is 1.78. The second-order valence-electron chi connectivity index (χ2n) is 4.03. The molecule has 0 atom stereocenters. The highest BCUT2D eigenvalue weighted by molar-refractivity contribution is 4.91. The van der Waals surface area contributed by atoms with E-state index in [2.05, 4.69) is 29.4 Å². The van der Waals surface area contributed by atoms with E-state index in [1.165, 1.54) is 19.3 Å². The van der Waals surface area contributed by atoms with Crippen LogP contribution >= 0.6 is 0 Å². The van der Waals surface area contributed by atoms with Crippen molar-refractivity contribution in [2.24, 2.45) is 0 Å². The van der Waals surface area contributed by atoms with Crippen LogP contribution in [0, 0.1) is 0 Å². The van der Waals surface area contributed by atoms with E-state index in [9.17, 15) is 0 Å². The molecule has 2 heterocycles. The van der Waals surface area contributed by atoms with Gasteiger partial charge < -0.3 is 0 Å². The molecule has 0 aromatic carbocycles. The van der Waals surface area contributed by atoms with E-state index in [1.807, 2.05) is 4.68 Å². The largest absolute Gasteiger partial charge is 0.224 e. The molecule has 0 spiro atoms. The summed E-state index contributed by atoms with van der Waals surface area (Å²) >= 11 is 0. The van der Waals surface area contributed by atoms with Crippen molar-refractivity contribution in [1.82, 2.24) is 20.2 Å². The Bertz CT molecular complexity index is 276. The first-order valence-corrected chi connectivity index (χ1v) is 4.48. The zero-order valence-corrected chi connectivity index (χ0v) is 7.62. The molecule has 0 saturated carbocycles. The standard InChI is InChI=1S/C8H14N4/c1-8(2)6-4-3-5-7-9-10-11-12(7)8/h3-6H2,1-2H3.